The highest BCUT2D eigenvalue weighted by Crippen LogP contribution is 2.38. The van der Waals surface area contributed by atoms with Crippen LogP contribution in [0.15, 0.2) is 11.2 Å². The van der Waals surface area contributed by atoms with Gasteiger partial charge in [0.15, 0.2) is 5.96 Å². The van der Waals surface area contributed by atoms with Gasteiger partial charge in [0.05, 0.1) is 24.8 Å². The van der Waals surface area contributed by atoms with Crippen LogP contribution >= 0.6 is 24.0 Å². The van der Waals surface area contributed by atoms with Crippen LogP contribution in [0.3, 0.4) is 0 Å². The number of rotatable bonds is 7. The number of aliphatic imine (C=N–C) groups is 1. The van der Waals surface area contributed by atoms with Gasteiger partial charge in [-0.3, -0.25) is 9.78 Å². The number of aromatic nitrogens is 1. The van der Waals surface area contributed by atoms with E-state index in [1.165, 1.54) is 0 Å². The van der Waals surface area contributed by atoms with E-state index in [4.69, 9.17) is 9.73 Å². The molecule has 7 nitrogen and oxygen atoms in total. The number of carbonyl (C=O) groups is 1. The summed E-state index contributed by atoms with van der Waals surface area (Å²) < 4.78 is 5.49. The molecule has 0 bridgehead atoms. The van der Waals surface area contributed by atoms with E-state index >= 15 is 0 Å². The Kier molecular flexibility index (Phi) is 10.2. The summed E-state index contributed by atoms with van der Waals surface area (Å²) in [5, 5.41) is 6.68. The molecule has 0 aliphatic heterocycles. The number of amides is 1. The summed E-state index contributed by atoms with van der Waals surface area (Å²) in [6.45, 7) is 7.83. The second-order valence-corrected chi connectivity index (χ2v) is 7.78. The van der Waals surface area contributed by atoms with E-state index in [2.05, 4.69) is 15.6 Å². The molecule has 0 radical (unpaired) electrons. The van der Waals surface area contributed by atoms with Gasteiger partial charge in [0, 0.05) is 44.5 Å². The van der Waals surface area contributed by atoms with Crippen molar-refractivity contribution in [3.05, 3.63) is 23.0 Å². The van der Waals surface area contributed by atoms with Gasteiger partial charge in [0.1, 0.15) is 5.75 Å². The van der Waals surface area contributed by atoms with Gasteiger partial charge in [-0.1, -0.05) is 12.8 Å². The first kappa shape index (κ1) is 25.5. The molecule has 164 valence electrons. The number of nitrogens with zero attached hydrogens (tertiary/aromatic N) is 3. The van der Waals surface area contributed by atoms with Crippen molar-refractivity contribution in [2.75, 3.05) is 34.3 Å². The maximum atomic E-state index is 12.8. The fraction of sp³-hybridized carbons (Fsp3) is 0.667. The molecule has 1 fully saturated rings. The minimum absolute atomic E-state index is 0. The quantitative estimate of drug-likeness (QED) is 0.330. The number of carbonyl (C=O) groups excluding carboxylic acids is 1. The van der Waals surface area contributed by atoms with Crippen molar-refractivity contribution >= 4 is 35.8 Å². The third-order valence-corrected chi connectivity index (χ3v) is 5.50. The lowest BCUT2D eigenvalue weighted by molar-refractivity contribution is -0.138. The number of aryl methyl sites for hydroxylation is 1. The number of nitrogens with one attached hydrogen (secondary N) is 2. The Labute approximate surface area is 192 Å². The molecule has 8 heteroatoms. The molecule has 1 saturated carbocycles. The van der Waals surface area contributed by atoms with E-state index in [1.807, 2.05) is 41.1 Å². The summed E-state index contributed by atoms with van der Waals surface area (Å²) in [6.07, 6.45) is 5.86. The number of pyridine rings is 1. The third-order valence-electron chi connectivity index (χ3n) is 5.50. The second kappa shape index (κ2) is 11.6. The van der Waals surface area contributed by atoms with Gasteiger partial charge >= 0.3 is 0 Å². The molecule has 0 atom stereocenters. The van der Waals surface area contributed by atoms with Crippen LogP contribution in [0, 0.1) is 19.3 Å². The van der Waals surface area contributed by atoms with Crippen molar-refractivity contribution in [1.82, 2.24) is 20.5 Å². The average molecular weight is 517 g/mol. The zero-order chi connectivity index (χ0) is 20.7. The lowest BCUT2D eigenvalue weighted by Crippen LogP contribution is -2.49. The summed E-state index contributed by atoms with van der Waals surface area (Å²) in [5.74, 6) is 1.77. The number of hydrogen-bond acceptors (Lipinski definition) is 4. The summed E-state index contributed by atoms with van der Waals surface area (Å²) >= 11 is 0. The van der Waals surface area contributed by atoms with E-state index in [0.717, 1.165) is 54.8 Å². The van der Waals surface area contributed by atoms with Crippen molar-refractivity contribution in [1.29, 1.82) is 0 Å². The third kappa shape index (κ3) is 6.20. The number of guanidine groups is 1. The molecule has 0 aromatic carbocycles. The minimum atomic E-state index is -0.332. The summed E-state index contributed by atoms with van der Waals surface area (Å²) in [5.41, 5.74) is 2.58. The second-order valence-electron chi connectivity index (χ2n) is 7.78. The van der Waals surface area contributed by atoms with Crippen molar-refractivity contribution in [3.63, 3.8) is 0 Å². The monoisotopic (exact) mass is 517 g/mol. The summed E-state index contributed by atoms with van der Waals surface area (Å²) in [4.78, 5) is 23.7. The molecule has 1 aliphatic carbocycles. The molecule has 2 N–H and O–H groups in total. The van der Waals surface area contributed by atoms with Crippen LogP contribution in [-0.2, 0) is 11.3 Å². The molecule has 29 heavy (non-hydrogen) atoms. The van der Waals surface area contributed by atoms with E-state index in [1.54, 1.807) is 12.0 Å². The molecule has 0 saturated heterocycles. The van der Waals surface area contributed by atoms with Gasteiger partial charge in [0.2, 0.25) is 5.91 Å². The highest BCUT2D eigenvalue weighted by molar-refractivity contribution is 14.0. The zero-order valence-electron chi connectivity index (χ0n) is 18.6. The van der Waals surface area contributed by atoms with Crippen molar-refractivity contribution in [2.45, 2.75) is 53.0 Å². The Balaban J connectivity index is 0.00000420. The summed E-state index contributed by atoms with van der Waals surface area (Å²) in [7, 11) is 5.35. The first-order chi connectivity index (χ1) is 13.3. The Bertz CT molecular complexity index is 715. The number of ether oxygens (including phenoxy) is 1. The van der Waals surface area contributed by atoms with Crippen molar-refractivity contribution in [2.24, 2.45) is 10.4 Å². The van der Waals surface area contributed by atoms with Crippen LogP contribution in [0.1, 0.15) is 49.4 Å². The first-order valence-electron chi connectivity index (χ1n) is 10.1. The maximum absolute atomic E-state index is 12.8. The van der Waals surface area contributed by atoms with Crippen LogP contribution in [0.5, 0.6) is 5.75 Å². The maximum Gasteiger partial charge on any atom is 0.230 e. The van der Waals surface area contributed by atoms with Gasteiger partial charge in [-0.2, -0.15) is 0 Å². The molecule has 1 aliphatic rings. The van der Waals surface area contributed by atoms with Gasteiger partial charge in [-0.05, 0) is 33.6 Å². The molecule has 1 aromatic rings. The average Bonchev–Trinajstić information content (AvgIpc) is 3.15. The van der Waals surface area contributed by atoms with E-state index < -0.39 is 0 Å². The largest absolute Gasteiger partial charge is 0.496 e. The van der Waals surface area contributed by atoms with Gasteiger partial charge in [-0.15, -0.1) is 24.0 Å². The molecule has 1 amide bonds. The van der Waals surface area contributed by atoms with E-state index in [9.17, 15) is 4.79 Å². The lowest BCUT2D eigenvalue weighted by atomic mass is 9.84. The SMILES string of the molecule is CCNC(=NCc1ncc(C)c(OC)c1C)NCC1(C(=O)N(C)C)CCCC1.I. The summed E-state index contributed by atoms with van der Waals surface area (Å²) in [6, 6.07) is 0. The Morgan fingerprint density at radius 2 is 1.93 bits per heavy atom. The minimum Gasteiger partial charge on any atom is -0.496 e. The van der Waals surface area contributed by atoms with Crippen LogP contribution < -0.4 is 15.4 Å². The number of hydrogen-bond donors (Lipinski definition) is 2. The molecular weight excluding hydrogens is 481 g/mol. The smallest absolute Gasteiger partial charge is 0.230 e. The molecule has 0 unspecified atom stereocenters. The van der Waals surface area contributed by atoms with Gasteiger partial charge in [-0.25, -0.2) is 4.99 Å². The van der Waals surface area contributed by atoms with Crippen LogP contribution in [0.2, 0.25) is 0 Å². The number of methoxy groups -OCH3 is 1. The first-order valence-corrected chi connectivity index (χ1v) is 10.1. The fourth-order valence-electron chi connectivity index (χ4n) is 3.97. The Morgan fingerprint density at radius 3 is 2.48 bits per heavy atom. The molecular formula is C21H36IN5O2. The van der Waals surface area contributed by atoms with Crippen molar-refractivity contribution < 1.29 is 9.53 Å². The van der Waals surface area contributed by atoms with Crippen LogP contribution in [-0.4, -0.2) is 56.0 Å². The standard InChI is InChI=1S/C21H35N5O2.HI/c1-7-22-20(24-13-17-16(3)18(28-6)15(2)12-23-17)25-14-21(10-8-9-11-21)19(27)26(4)5;/h12H,7-11,13-14H2,1-6H3,(H2,22,24,25);1H. The Morgan fingerprint density at radius 1 is 1.28 bits per heavy atom. The normalized spacial score (nSPS) is 15.4. The lowest BCUT2D eigenvalue weighted by Gasteiger charge is -2.31. The number of halogens is 1. The molecule has 2 rings (SSSR count). The van der Waals surface area contributed by atoms with Crippen LogP contribution in [0.4, 0.5) is 0 Å². The molecule has 1 heterocycles. The van der Waals surface area contributed by atoms with Gasteiger partial charge in [0.25, 0.3) is 0 Å². The van der Waals surface area contributed by atoms with Crippen LogP contribution in [0.25, 0.3) is 0 Å². The fourth-order valence-corrected chi connectivity index (χ4v) is 3.97. The predicted octanol–water partition coefficient (Wildman–Crippen LogP) is 3.03. The zero-order valence-corrected chi connectivity index (χ0v) is 20.9. The van der Waals surface area contributed by atoms with E-state index in [-0.39, 0.29) is 35.3 Å². The molecule has 0 spiro atoms. The van der Waals surface area contributed by atoms with Crippen molar-refractivity contribution in [3.8, 4) is 5.75 Å². The van der Waals surface area contributed by atoms with E-state index in [0.29, 0.717) is 19.0 Å². The highest BCUT2D eigenvalue weighted by Gasteiger charge is 2.42. The Hall–Kier alpha value is -1.58. The topological polar surface area (TPSA) is 78.9 Å². The predicted molar refractivity (Wildman–Crippen MR) is 128 cm³/mol. The van der Waals surface area contributed by atoms with Gasteiger partial charge < -0.3 is 20.3 Å². The molecule has 1 aromatic heterocycles. The highest BCUT2D eigenvalue weighted by atomic mass is 127.